The predicted octanol–water partition coefficient (Wildman–Crippen LogP) is 0.178. The van der Waals surface area contributed by atoms with Gasteiger partial charge in [-0.3, -0.25) is 4.79 Å². The van der Waals surface area contributed by atoms with Gasteiger partial charge in [-0.05, 0) is 0 Å². The highest BCUT2D eigenvalue weighted by atomic mass is 16.5. The summed E-state index contributed by atoms with van der Waals surface area (Å²) in [5.74, 6) is -0.464. The Labute approximate surface area is 90.9 Å². The van der Waals surface area contributed by atoms with Gasteiger partial charge >= 0.3 is 5.97 Å². The lowest BCUT2D eigenvalue weighted by molar-refractivity contribution is -0.147. The first-order valence-electron chi connectivity index (χ1n) is 5.15. The van der Waals surface area contributed by atoms with Gasteiger partial charge in [-0.25, -0.2) is 0 Å². The molecule has 1 unspecified atom stereocenters. The van der Waals surface area contributed by atoms with Crippen LogP contribution < -0.4 is 5.73 Å². The van der Waals surface area contributed by atoms with E-state index in [4.69, 9.17) is 19.9 Å². The van der Waals surface area contributed by atoms with Crippen molar-refractivity contribution in [3.63, 3.8) is 0 Å². The fraction of sp³-hybridized carbons (Fsp3) is 0.900. The zero-order chi connectivity index (χ0) is 11.5. The van der Waals surface area contributed by atoms with Crippen molar-refractivity contribution >= 4 is 5.97 Å². The van der Waals surface area contributed by atoms with Crippen molar-refractivity contribution in [1.29, 1.82) is 0 Å². The summed E-state index contributed by atoms with van der Waals surface area (Å²) in [6.07, 6.45) is 0.701. The fourth-order valence-electron chi connectivity index (χ4n) is 0.817. The number of esters is 1. The van der Waals surface area contributed by atoms with Crippen LogP contribution in [0.1, 0.15) is 13.3 Å². The van der Waals surface area contributed by atoms with Crippen molar-refractivity contribution < 1.29 is 19.0 Å². The summed E-state index contributed by atoms with van der Waals surface area (Å²) >= 11 is 0. The maximum Gasteiger partial charge on any atom is 0.309 e. The van der Waals surface area contributed by atoms with Crippen molar-refractivity contribution in [3.8, 4) is 0 Å². The van der Waals surface area contributed by atoms with Gasteiger partial charge in [0.15, 0.2) is 0 Å². The van der Waals surface area contributed by atoms with E-state index in [2.05, 4.69) is 0 Å². The summed E-state index contributed by atoms with van der Waals surface area (Å²) in [6.45, 7) is 4.19. The molecule has 0 aliphatic heterocycles. The van der Waals surface area contributed by atoms with Crippen LogP contribution in [0.2, 0.25) is 0 Å². The Morgan fingerprint density at radius 3 is 2.60 bits per heavy atom. The van der Waals surface area contributed by atoms with Crippen molar-refractivity contribution in [1.82, 2.24) is 0 Å². The maximum absolute atomic E-state index is 11.1. The second-order valence-electron chi connectivity index (χ2n) is 3.26. The van der Waals surface area contributed by atoms with Gasteiger partial charge in [0, 0.05) is 26.7 Å². The third kappa shape index (κ3) is 8.35. The molecule has 0 radical (unpaired) electrons. The molecule has 0 saturated carbocycles. The van der Waals surface area contributed by atoms with E-state index in [1.54, 1.807) is 14.0 Å². The first-order valence-corrected chi connectivity index (χ1v) is 5.15. The molecule has 0 aromatic heterocycles. The molecular weight excluding hydrogens is 198 g/mol. The van der Waals surface area contributed by atoms with Gasteiger partial charge in [0.1, 0.15) is 0 Å². The lowest BCUT2D eigenvalue weighted by Gasteiger charge is -2.09. The standard InChI is InChI=1S/C10H21NO4/c1-9(8-11)10(12)15-5-3-4-14-7-6-13-2/h9H,3-8,11H2,1-2H3. The van der Waals surface area contributed by atoms with Gasteiger partial charge in [-0.15, -0.1) is 0 Å². The first kappa shape index (κ1) is 14.3. The molecule has 15 heavy (non-hydrogen) atoms. The molecule has 0 amide bonds. The number of rotatable bonds is 9. The van der Waals surface area contributed by atoms with Crippen molar-refractivity contribution in [2.75, 3.05) is 40.1 Å². The van der Waals surface area contributed by atoms with Crippen molar-refractivity contribution in [2.24, 2.45) is 11.7 Å². The molecule has 0 saturated heterocycles. The molecule has 0 aromatic carbocycles. The van der Waals surface area contributed by atoms with E-state index in [1.807, 2.05) is 0 Å². The van der Waals surface area contributed by atoms with Crippen LogP contribution in [-0.2, 0) is 19.0 Å². The molecule has 2 N–H and O–H groups in total. The highest BCUT2D eigenvalue weighted by molar-refractivity contribution is 5.72. The second kappa shape index (κ2) is 9.89. The van der Waals surface area contributed by atoms with Gasteiger partial charge in [-0.1, -0.05) is 6.92 Å². The third-order valence-corrected chi connectivity index (χ3v) is 1.87. The smallest absolute Gasteiger partial charge is 0.309 e. The highest BCUT2D eigenvalue weighted by Crippen LogP contribution is 1.96. The van der Waals surface area contributed by atoms with E-state index in [0.717, 1.165) is 0 Å². The monoisotopic (exact) mass is 219 g/mol. The fourth-order valence-corrected chi connectivity index (χ4v) is 0.817. The summed E-state index contributed by atoms with van der Waals surface area (Å²) in [5.41, 5.74) is 5.32. The molecule has 0 rings (SSSR count). The zero-order valence-electron chi connectivity index (χ0n) is 9.53. The predicted molar refractivity (Wildman–Crippen MR) is 56.5 cm³/mol. The van der Waals surface area contributed by atoms with Crippen LogP contribution in [0.25, 0.3) is 0 Å². The van der Waals surface area contributed by atoms with Crippen molar-refractivity contribution in [3.05, 3.63) is 0 Å². The average molecular weight is 219 g/mol. The average Bonchev–Trinajstić information content (AvgIpc) is 2.26. The Balaban J connectivity index is 3.20. The number of carbonyl (C=O) groups is 1. The number of nitrogens with two attached hydrogens (primary N) is 1. The number of ether oxygens (including phenoxy) is 3. The van der Waals surface area contributed by atoms with Gasteiger partial charge < -0.3 is 19.9 Å². The zero-order valence-corrected chi connectivity index (χ0v) is 9.53. The number of methoxy groups -OCH3 is 1. The largest absolute Gasteiger partial charge is 0.465 e. The summed E-state index contributed by atoms with van der Waals surface area (Å²) in [4.78, 5) is 11.1. The molecular formula is C10H21NO4. The van der Waals surface area contributed by atoms with Crippen molar-refractivity contribution in [2.45, 2.75) is 13.3 Å². The Hall–Kier alpha value is -0.650. The highest BCUT2D eigenvalue weighted by Gasteiger charge is 2.11. The van der Waals surface area contributed by atoms with Gasteiger partial charge in [0.25, 0.3) is 0 Å². The van der Waals surface area contributed by atoms with Crippen LogP contribution >= 0.6 is 0 Å². The lowest BCUT2D eigenvalue weighted by Crippen LogP contribution is -2.23. The topological polar surface area (TPSA) is 70.8 Å². The molecule has 5 nitrogen and oxygen atoms in total. The van der Waals surface area contributed by atoms with E-state index in [1.165, 1.54) is 0 Å². The Bertz CT molecular complexity index is 164. The molecule has 0 spiro atoms. The first-order chi connectivity index (χ1) is 7.22. The van der Waals surface area contributed by atoms with Gasteiger partial charge in [0.05, 0.1) is 25.7 Å². The van der Waals surface area contributed by atoms with E-state index in [0.29, 0.717) is 39.4 Å². The van der Waals surface area contributed by atoms with E-state index < -0.39 is 0 Å². The van der Waals surface area contributed by atoms with Gasteiger partial charge in [0.2, 0.25) is 0 Å². The van der Waals surface area contributed by atoms with E-state index in [9.17, 15) is 4.79 Å². The minimum atomic E-state index is -0.241. The quantitative estimate of drug-likeness (QED) is 0.442. The second-order valence-corrected chi connectivity index (χ2v) is 3.26. The molecule has 1 atom stereocenters. The Morgan fingerprint density at radius 2 is 2.00 bits per heavy atom. The van der Waals surface area contributed by atoms with Crippen LogP contribution in [0, 0.1) is 5.92 Å². The Morgan fingerprint density at radius 1 is 1.27 bits per heavy atom. The third-order valence-electron chi connectivity index (χ3n) is 1.87. The molecule has 0 bridgehead atoms. The van der Waals surface area contributed by atoms with Crippen LogP contribution in [0.15, 0.2) is 0 Å². The van der Waals surface area contributed by atoms with E-state index >= 15 is 0 Å². The van der Waals surface area contributed by atoms with Crippen LogP contribution in [0.3, 0.4) is 0 Å². The summed E-state index contributed by atoms with van der Waals surface area (Å²) in [5, 5.41) is 0. The molecule has 0 aliphatic carbocycles. The minimum Gasteiger partial charge on any atom is -0.465 e. The van der Waals surface area contributed by atoms with Crippen LogP contribution in [0.4, 0.5) is 0 Å². The minimum absolute atomic E-state index is 0.223. The molecule has 0 aromatic rings. The lowest BCUT2D eigenvalue weighted by atomic mass is 10.2. The summed E-state index contributed by atoms with van der Waals surface area (Å²) in [7, 11) is 1.62. The maximum atomic E-state index is 11.1. The summed E-state index contributed by atoms with van der Waals surface area (Å²) < 4.78 is 15.0. The Kier molecular flexibility index (Phi) is 9.46. The van der Waals surface area contributed by atoms with Gasteiger partial charge in [-0.2, -0.15) is 0 Å². The molecule has 0 fully saturated rings. The summed E-state index contributed by atoms with van der Waals surface area (Å²) in [6, 6.07) is 0. The number of hydrogen-bond acceptors (Lipinski definition) is 5. The molecule has 0 aliphatic rings. The number of hydrogen-bond donors (Lipinski definition) is 1. The van der Waals surface area contributed by atoms with Crippen LogP contribution in [0.5, 0.6) is 0 Å². The number of carbonyl (C=O) groups excluding carboxylic acids is 1. The normalized spacial score (nSPS) is 12.5. The molecule has 0 heterocycles. The molecule has 5 heteroatoms. The molecule has 90 valence electrons. The van der Waals surface area contributed by atoms with E-state index in [-0.39, 0.29) is 11.9 Å². The van der Waals surface area contributed by atoms with Crippen LogP contribution in [-0.4, -0.2) is 46.1 Å². The SMILES string of the molecule is COCCOCCCOC(=O)C(C)CN.